The molecule has 0 aliphatic rings. The van der Waals surface area contributed by atoms with E-state index in [0.717, 1.165) is 18.1 Å². The maximum Gasteiger partial charge on any atom is 0.193 e. The number of rotatable bonds is 7. The Morgan fingerprint density at radius 1 is 1.17 bits per heavy atom. The van der Waals surface area contributed by atoms with Crippen molar-refractivity contribution in [1.82, 2.24) is 15.2 Å². The number of hydrogen-bond acceptors (Lipinski definition) is 3. The Morgan fingerprint density at radius 2 is 1.92 bits per heavy atom. The molecule has 0 aliphatic carbocycles. The van der Waals surface area contributed by atoms with Gasteiger partial charge in [-0.15, -0.1) is 0 Å². The van der Waals surface area contributed by atoms with E-state index in [1.54, 1.807) is 6.20 Å². The molecule has 1 aromatic heterocycles. The van der Waals surface area contributed by atoms with Crippen molar-refractivity contribution in [3.63, 3.8) is 0 Å². The summed E-state index contributed by atoms with van der Waals surface area (Å²) in [5, 5.41) is 13.0. The van der Waals surface area contributed by atoms with Crippen LogP contribution in [0.1, 0.15) is 11.3 Å². The third-order valence-corrected chi connectivity index (χ3v) is 3.71. The molecule has 2 N–H and O–H groups in total. The Hall–Kier alpha value is -2.40. The Morgan fingerprint density at radius 3 is 2.54 bits per heavy atom. The van der Waals surface area contributed by atoms with E-state index in [2.05, 4.69) is 27.4 Å². The van der Waals surface area contributed by atoms with Crippen molar-refractivity contribution in [2.45, 2.75) is 13.0 Å². The zero-order valence-corrected chi connectivity index (χ0v) is 14.4. The van der Waals surface area contributed by atoms with E-state index in [1.807, 2.05) is 55.4 Å². The summed E-state index contributed by atoms with van der Waals surface area (Å²) in [4.78, 5) is 10.9. The first-order valence-corrected chi connectivity index (χ1v) is 8.19. The van der Waals surface area contributed by atoms with E-state index in [-0.39, 0.29) is 12.5 Å². The first-order chi connectivity index (χ1) is 11.7. The molecule has 1 atom stereocenters. The van der Waals surface area contributed by atoms with Crippen LogP contribution in [0.3, 0.4) is 0 Å². The van der Waals surface area contributed by atoms with Gasteiger partial charge >= 0.3 is 0 Å². The van der Waals surface area contributed by atoms with Crippen LogP contribution < -0.4 is 5.32 Å². The lowest BCUT2D eigenvalue weighted by atomic mass is 10.0. The van der Waals surface area contributed by atoms with Gasteiger partial charge < -0.3 is 15.3 Å². The van der Waals surface area contributed by atoms with Gasteiger partial charge in [0.05, 0.1) is 6.54 Å². The van der Waals surface area contributed by atoms with Gasteiger partial charge in [-0.3, -0.25) is 4.98 Å². The molecule has 1 unspecified atom stereocenters. The number of nitrogens with zero attached hydrogens (tertiary/aromatic N) is 3. The summed E-state index contributed by atoms with van der Waals surface area (Å²) in [6.07, 6.45) is 2.52. The number of nitrogens with one attached hydrogen (secondary N) is 1. The van der Waals surface area contributed by atoms with Crippen LogP contribution >= 0.6 is 0 Å². The Labute approximate surface area is 144 Å². The van der Waals surface area contributed by atoms with E-state index < -0.39 is 0 Å². The average Bonchev–Trinajstić information content (AvgIpc) is 2.62. The van der Waals surface area contributed by atoms with Gasteiger partial charge in [-0.05, 0) is 24.1 Å². The highest BCUT2D eigenvalue weighted by molar-refractivity contribution is 5.79. The van der Waals surface area contributed by atoms with Crippen molar-refractivity contribution in [3.8, 4) is 0 Å². The van der Waals surface area contributed by atoms with Gasteiger partial charge in [0.15, 0.2) is 5.96 Å². The van der Waals surface area contributed by atoms with E-state index in [1.165, 1.54) is 5.56 Å². The zero-order chi connectivity index (χ0) is 17.2. The molecule has 5 heteroatoms. The van der Waals surface area contributed by atoms with Gasteiger partial charge in [-0.1, -0.05) is 36.4 Å². The minimum absolute atomic E-state index is 0.0989. The lowest BCUT2D eigenvalue weighted by molar-refractivity contribution is 0.224. The van der Waals surface area contributed by atoms with Crippen LogP contribution in [0.4, 0.5) is 0 Å². The minimum Gasteiger partial charge on any atom is -0.396 e. The van der Waals surface area contributed by atoms with Crippen LogP contribution in [0.5, 0.6) is 0 Å². The molecule has 0 radical (unpaired) electrons. The standard InChI is InChI=1S/C19H26N4O/c1-23(2)19(21-13-16-8-4-3-5-9-16)22-14-17(15-24)12-18-10-6-7-11-20-18/h3-11,17,24H,12-15H2,1-2H3,(H,21,22). The van der Waals surface area contributed by atoms with Crippen molar-refractivity contribution < 1.29 is 5.11 Å². The summed E-state index contributed by atoms with van der Waals surface area (Å²) in [6, 6.07) is 16.0. The number of pyridine rings is 1. The number of benzene rings is 1. The zero-order valence-electron chi connectivity index (χ0n) is 14.4. The van der Waals surface area contributed by atoms with Crippen molar-refractivity contribution in [3.05, 3.63) is 66.0 Å². The molecule has 2 rings (SSSR count). The number of guanidine groups is 1. The van der Waals surface area contributed by atoms with Crippen LogP contribution in [0.15, 0.2) is 59.7 Å². The smallest absolute Gasteiger partial charge is 0.193 e. The SMILES string of the molecule is CN(C)C(=NCc1ccccc1)NCC(CO)Cc1ccccn1. The second kappa shape index (κ2) is 9.67. The molecule has 0 aliphatic heterocycles. The normalized spacial score (nSPS) is 12.7. The summed E-state index contributed by atoms with van der Waals surface area (Å²) in [7, 11) is 3.92. The van der Waals surface area contributed by atoms with Crippen LogP contribution in [0, 0.1) is 5.92 Å². The third-order valence-electron chi connectivity index (χ3n) is 3.71. The molecule has 0 saturated heterocycles. The molecule has 5 nitrogen and oxygen atoms in total. The van der Waals surface area contributed by atoms with Gasteiger partial charge in [0.25, 0.3) is 0 Å². The van der Waals surface area contributed by atoms with Crippen LogP contribution in [0.25, 0.3) is 0 Å². The second-order valence-corrected chi connectivity index (χ2v) is 5.97. The van der Waals surface area contributed by atoms with Crippen molar-refractivity contribution in [2.75, 3.05) is 27.2 Å². The highest BCUT2D eigenvalue weighted by Gasteiger charge is 2.11. The van der Waals surface area contributed by atoms with E-state index in [0.29, 0.717) is 13.1 Å². The van der Waals surface area contributed by atoms with Crippen molar-refractivity contribution in [1.29, 1.82) is 0 Å². The van der Waals surface area contributed by atoms with Gasteiger partial charge in [0.2, 0.25) is 0 Å². The molecule has 0 saturated carbocycles. The summed E-state index contributed by atoms with van der Waals surface area (Å²) < 4.78 is 0. The fraction of sp³-hybridized carbons (Fsp3) is 0.368. The van der Waals surface area contributed by atoms with Crippen LogP contribution in [-0.4, -0.2) is 48.2 Å². The summed E-state index contributed by atoms with van der Waals surface area (Å²) >= 11 is 0. The van der Waals surface area contributed by atoms with E-state index >= 15 is 0 Å². The van der Waals surface area contributed by atoms with Gasteiger partial charge in [-0.25, -0.2) is 4.99 Å². The topological polar surface area (TPSA) is 60.8 Å². The van der Waals surface area contributed by atoms with Crippen LogP contribution in [-0.2, 0) is 13.0 Å². The molecular formula is C19H26N4O. The first-order valence-electron chi connectivity index (χ1n) is 8.19. The quantitative estimate of drug-likeness (QED) is 0.603. The number of hydrogen-bond donors (Lipinski definition) is 2. The predicted molar refractivity (Wildman–Crippen MR) is 97.8 cm³/mol. The summed E-state index contributed by atoms with van der Waals surface area (Å²) in [5.74, 6) is 0.917. The molecule has 1 heterocycles. The Balaban J connectivity index is 1.92. The molecule has 1 aromatic carbocycles. The number of aromatic nitrogens is 1. The molecule has 2 aromatic rings. The van der Waals surface area contributed by atoms with Crippen molar-refractivity contribution >= 4 is 5.96 Å². The molecule has 0 fully saturated rings. The highest BCUT2D eigenvalue weighted by Crippen LogP contribution is 2.05. The number of aliphatic hydroxyl groups excluding tert-OH is 1. The fourth-order valence-corrected chi connectivity index (χ4v) is 2.36. The maximum absolute atomic E-state index is 9.63. The lowest BCUT2D eigenvalue weighted by Gasteiger charge is -2.21. The van der Waals surface area contributed by atoms with Gasteiger partial charge in [-0.2, -0.15) is 0 Å². The Kier molecular flexibility index (Phi) is 7.23. The number of aliphatic imine (C=N–C) groups is 1. The summed E-state index contributed by atoms with van der Waals surface area (Å²) in [6.45, 7) is 1.40. The molecule has 0 spiro atoms. The predicted octanol–water partition coefficient (Wildman–Crippen LogP) is 1.94. The third kappa shape index (κ3) is 6.01. The van der Waals surface area contributed by atoms with Gasteiger partial charge in [0.1, 0.15) is 0 Å². The molecule has 0 amide bonds. The lowest BCUT2D eigenvalue weighted by Crippen LogP contribution is -2.40. The average molecular weight is 326 g/mol. The van der Waals surface area contributed by atoms with Crippen LogP contribution in [0.2, 0.25) is 0 Å². The minimum atomic E-state index is 0.0989. The summed E-state index contributed by atoms with van der Waals surface area (Å²) in [5.41, 5.74) is 2.16. The Bertz CT molecular complexity index is 614. The molecule has 0 bridgehead atoms. The largest absolute Gasteiger partial charge is 0.396 e. The molecule has 24 heavy (non-hydrogen) atoms. The highest BCUT2D eigenvalue weighted by atomic mass is 16.3. The van der Waals surface area contributed by atoms with E-state index in [9.17, 15) is 5.11 Å². The number of aliphatic hydroxyl groups is 1. The maximum atomic E-state index is 9.63. The van der Waals surface area contributed by atoms with Crippen molar-refractivity contribution in [2.24, 2.45) is 10.9 Å². The molecule has 128 valence electrons. The molecular weight excluding hydrogens is 300 g/mol. The fourth-order valence-electron chi connectivity index (χ4n) is 2.36. The monoisotopic (exact) mass is 326 g/mol. The van der Waals surface area contributed by atoms with E-state index in [4.69, 9.17) is 0 Å². The second-order valence-electron chi connectivity index (χ2n) is 5.97. The first kappa shape index (κ1) is 17.9. The van der Waals surface area contributed by atoms with Gasteiger partial charge in [0, 0.05) is 45.1 Å².